The van der Waals surface area contributed by atoms with E-state index in [4.69, 9.17) is 10.5 Å². The van der Waals surface area contributed by atoms with E-state index in [1.807, 2.05) is 18.2 Å². The maximum absolute atomic E-state index is 5.51. The summed E-state index contributed by atoms with van der Waals surface area (Å²) in [5.74, 6) is 0.847. The molecule has 74 valence electrons. The summed E-state index contributed by atoms with van der Waals surface area (Å²) in [5, 5.41) is 8.21. The van der Waals surface area contributed by atoms with E-state index in [-0.39, 0.29) is 0 Å². The monoisotopic (exact) mass is 191 g/mol. The predicted molar refractivity (Wildman–Crippen MR) is 55.4 cm³/mol. The minimum atomic E-state index is 0.595. The summed E-state index contributed by atoms with van der Waals surface area (Å²) >= 11 is 0. The second kappa shape index (κ2) is 3.67. The first-order chi connectivity index (χ1) is 6.86. The van der Waals surface area contributed by atoms with Crippen molar-refractivity contribution in [2.75, 3.05) is 13.7 Å². The Bertz CT molecular complexity index is 436. The maximum Gasteiger partial charge on any atom is 0.130 e. The van der Waals surface area contributed by atoms with Gasteiger partial charge in [0, 0.05) is 6.42 Å². The molecular formula is C10H13N3O. The maximum atomic E-state index is 5.51. The molecule has 0 unspecified atom stereocenters. The predicted octanol–water partition coefficient (Wildman–Crippen LogP) is 1.07. The Morgan fingerprint density at radius 3 is 3.07 bits per heavy atom. The Hall–Kier alpha value is -1.55. The highest BCUT2D eigenvalue weighted by Crippen LogP contribution is 2.26. The number of H-pyrrole nitrogens is 1. The lowest BCUT2D eigenvalue weighted by Crippen LogP contribution is -2.03. The van der Waals surface area contributed by atoms with Crippen LogP contribution >= 0.6 is 0 Å². The van der Waals surface area contributed by atoms with Gasteiger partial charge in [-0.25, -0.2) is 0 Å². The number of aromatic nitrogens is 2. The van der Waals surface area contributed by atoms with Crippen molar-refractivity contribution in [3.8, 4) is 5.75 Å². The van der Waals surface area contributed by atoms with Gasteiger partial charge in [0.1, 0.15) is 5.75 Å². The number of fused-ring (bicyclic) bond motifs is 1. The molecule has 0 saturated carbocycles. The Labute approximate surface area is 82.1 Å². The molecule has 0 aliphatic rings. The minimum Gasteiger partial charge on any atom is -0.496 e. The first-order valence-electron chi connectivity index (χ1n) is 4.57. The quantitative estimate of drug-likeness (QED) is 0.762. The zero-order valence-corrected chi connectivity index (χ0v) is 8.08. The Balaban J connectivity index is 2.62. The van der Waals surface area contributed by atoms with Crippen LogP contribution in [0.1, 0.15) is 5.69 Å². The zero-order valence-electron chi connectivity index (χ0n) is 8.08. The highest BCUT2D eigenvalue weighted by Gasteiger charge is 2.09. The minimum absolute atomic E-state index is 0.595. The van der Waals surface area contributed by atoms with E-state index < -0.39 is 0 Å². The molecular weight excluding hydrogens is 178 g/mol. The van der Waals surface area contributed by atoms with Crippen LogP contribution in [0.25, 0.3) is 10.9 Å². The molecule has 14 heavy (non-hydrogen) atoms. The molecule has 0 aliphatic heterocycles. The number of methoxy groups -OCH3 is 1. The summed E-state index contributed by atoms with van der Waals surface area (Å²) < 4.78 is 5.27. The van der Waals surface area contributed by atoms with E-state index in [1.54, 1.807) is 7.11 Å². The van der Waals surface area contributed by atoms with Crippen molar-refractivity contribution in [1.82, 2.24) is 10.2 Å². The van der Waals surface area contributed by atoms with Crippen LogP contribution in [0, 0.1) is 0 Å². The molecule has 0 saturated heterocycles. The van der Waals surface area contributed by atoms with E-state index in [0.717, 1.165) is 28.8 Å². The van der Waals surface area contributed by atoms with Crippen LogP contribution in [0.2, 0.25) is 0 Å². The van der Waals surface area contributed by atoms with E-state index >= 15 is 0 Å². The molecule has 0 aliphatic carbocycles. The Morgan fingerprint density at radius 1 is 1.50 bits per heavy atom. The fourth-order valence-electron chi connectivity index (χ4n) is 1.59. The third kappa shape index (κ3) is 1.33. The number of nitrogens with two attached hydrogens (primary N) is 1. The molecule has 0 spiro atoms. The second-order valence-corrected chi connectivity index (χ2v) is 3.09. The van der Waals surface area contributed by atoms with Crippen LogP contribution in [0.5, 0.6) is 5.75 Å². The smallest absolute Gasteiger partial charge is 0.130 e. The number of hydrogen-bond acceptors (Lipinski definition) is 3. The average molecular weight is 191 g/mol. The lowest BCUT2D eigenvalue weighted by molar-refractivity contribution is 0.419. The number of hydrogen-bond donors (Lipinski definition) is 2. The van der Waals surface area contributed by atoms with Gasteiger partial charge in [-0.1, -0.05) is 6.07 Å². The molecule has 1 heterocycles. The van der Waals surface area contributed by atoms with Crippen LogP contribution in [0.15, 0.2) is 18.2 Å². The summed E-state index contributed by atoms with van der Waals surface area (Å²) in [4.78, 5) is 0. The fourth-order valence-corrected chi connectivity index (χ4v) is 1.59. The summed E-state index contributed by atoms with van der Waals surface area (Å²) in [6.07, 6.45) is 0.764. The van der Waals surface area contributed by atoms with Gasteiger partial charge in [-0.2, -0.15) is 5.10 Å². The van der Waals surface area contributed by atoms with Crippen molar-refractivity contribution in [2.24, 2.45) is 5.73 Å². The van der Waals surface area contributed by atoms with Gasteiger partial charge < -0.3 is 10.5 Å². The van der Waals surface area contributed by atoms with E-state index in [1.165, 1.54) is 0 Å². The van der Waals surface area contributed by atoms with Crippen molar-refractivity contribution in [3.05, 3.63) is 23.9 Å². The molecule has 0 atom stereocenters. The van der Waals surface area contributed by atoms with Gasteiger partial charge in [-0.3, -0.25) is 5.10 Å². The van der Waals surface area contributed by atoms with Gasteiger partial charge in [0.2, 0.25) is 0 Å². The third-order valence-corrected chi connectivity index (χ3v) is 2.23. The number of rotatable bonds is 3. The normalized spacial score (nSPS) is 10.7. The summed E-state index contributed by atoms with van der Waals surface area (Å²) in [7, 11) is 1.66. The van der Waals surface area contributed by atoms with Crippen LogP contribution < -0.4 is 10.5 Å². The molecule has 1 aromatic carbocycles. The summed E-state index contributed by atoms with van der Waals surface area (Å²) in [5.41, 5.74) is 7.47. The molecule has 3 N–H and O–H groups in total. The van der Waals surface area contributed by atoms with Gasteiger partial charge in [-0.15, -0.1) is 0 Å². The lowest BCUT2D eigenvalue weighted by atomic mass is 10.1. The molecule has 1 aromatic heterocycles. The zero-order chi connectivity index (χ0) is 9.97. The van der Waals surface area contributed by atoms with Gasteiger partial charge in [0.15, 0.2) is 0 Å². The summed E-state index contributed by atoms with van der Waals surface area (Å²) in [6, 6.07) is 5.84. The highest BCUT2D eigenvalue weighted by atomic mass is 16.5. The van der Waals surface area contributed by atoms with Crippen LogP contribution in [0.4, 0.5) is 0 Å². The second-order valence-electron chi connectivity index (χ2n) is 3.09. The molecule has 0 radical (unpaired) electrons. The number of benzene rings is 1. The van der Waals surface area contributed by atoms with Crippen molar-refractivity contribution >= 4 is 10.9 Å². The molecule has 0 fully saturated rings. The average Bonchev–Trinajstić information content (AvgIpc) is 2.62. The molecule has 2 rings (SSSR count). The molecule has 4 nitrogen and oxygen atoms in total. The Kier molecular flexibility index (Phi) is 2.37. The van der Waals surface area contributed by atoms with Crippen LogP contribution in [-0.4, -0.2) is 23.9 Å². The van der Waals surface area contributed by atoms with Crippen LogP contribution in [0.3, 0.4) is 0 Å². The number of nitrogens with zero attached hydrogens (tertiary/aromatic N) is 1. The number of ether oxygens (including phenoxy) is 1. The SMILES string of the molecule is COc1cccc2[nH]nc(CCN)c12. The van der Waals surface area contributed by atoms with Crippen molar-refractivity contribution in [2.45, 2.75) is 6.42 Å². The first-order valence-corrected chi connectivity index (χ1v) is 4.57. The van der Waals surface area contributed by atoms with E-state index in [2.05, 4.69) is 10.2 Å². The van der Waals surface area contributed by atoms with Gasteiger partial charge in [0.25, 0.3) is 0 Å². The van der Waals surface area contributed by atoms with Gasteiger partial charge >= 0.3 is 0 Å². The van der Waals surface area contributed by atoms with Crippen molar-refractivity contribution in [3.63, 3.8) is 0 Å². The van der Waals surface area contributed by atoms with E-state index in [9.17, 15) is 0 Å². The van der Waals surface area contributed by atoms with E-state index in [0.29, 0.717) is 6.54 Å². The highest BCUT2D eigenvalue weighted by molar-refractivity contribution is 5.87. The standard InChI is InChI=1S/C10H13N3O/c1-14-9-4-2-3-7-10(9)8(5-6-11)13-12-7/h2-4H,5-6,11H2,1H3,(H,12,13). The van der Waals surface area contributed by atoms with Gasteiger partial charge in [-0.05, 0) is 18.7 Å². The fraction of sp³-hybridized carbons (Fsp3) is 0.300. The lowest BCUT2D eigenvalue weighted by Gasteiger charge is -2.02. The van der Waals surface area contributed by atoms with Gasteiger partial charge in [0.05, 0.1) is 23.7 Å². The molecule has 4 heteroatoms. The van der Waals surface area contributed by atoms with Crippen molar-refractivity contribution < 1.29 is 4.74 Å². The topological polar surface area (TPSA) is 63.9 Å². The molecule has 0 amide bonds. The van der Waals surface area contributed by atoms with Crippen molar-refractivity contribution in [1.29, 1.82) is 0 Å². The number of nitrogens with one attached hydrogen (secondary N) is 1. The first kappa shape index (κ1) is 9.02. The van der Waals surface area contributed by atoms with Crippen LogP contribution in [-0.2, 0) is 6.42 Å². The largest absolute Gasteiger partial charge is 0.496 e. The summed E-state index contributed by atoms with van der Waals surface area (Å²) in [6.45, 7) is 0.595. The molecule has 0 bridgehead atoms. The Morgan fingerprint density at radius 2 is 2.36 bits per heavy atom. The molecule has 2 aromatic rings. The number of aromatic amines is 1. The third-order valence-electron chi connectivity index (χ3n) is 2.23.